The minimum Gasteiger partial charge on any atom is -0.370 e. The van der Waals surface area contributed by atoms with E-state index in [1.54, 1.807) is 6.20 Å². The van der Waals surface area contributed by atoms with E-state index in [1.807, 2.05) is 27.8 Å². The van der Waals surface area contributed by atoms with Gasteiger partial charge in [0.1, 0.15) is 5.82 Å². The Bertz CT molecular complexity index is 952. The lowest BCUT2D eigenvalue weighted by atomic mass is 10.1. The van der Waals surface area contributed by atoms with Gasteiger partial charge >= 0.3 is 0 Å². The second-order valence-electron chi connectivity index (χ2n) is 7.49. The number of hydrogen-bond acceptors (Lipinski definition) is 5. The number of carbonyl (C=O) groups excluding carboxylic acids is 1. The van der Waals surface area contributed by atoms with Crippen LogP contribution in [0.25, 0.3) is 17.1 Å². The molecule has 1 aromatic carbocycles. The number of nitrogens with zero attached hydrogens (tertiary/aromatic N) is 6. The molecule has 1 amide bonds. The number of anilines is 1. The average Bonchev–Trinajstić information content (AvgIpc) is 3.38. The number of primary amides is 1. The number of aryl methyl sites for hydroxylation is 1. The molecule has 3 aromatic rings. The lowest BCUT2D eigenvalue weighted by molar-refractivity contribution is -0.118. The number of piperazine rings is 1. The molecule has 1 saturated heterocycles. The molecule has 0 aliphatic carbocycles. The summed E-state index contributed by atoms with van der Waals surface area (Å²) in [5.74, 6) is 0.598. The number of rotatable bonds is 7. The van der Waals surface area contributed by atoms with Crippen LogP contribution in [0, 0.1) is 0 Å². The van der Waals surface area contributed by atoms with Crippen molar-refractivity contribution in [2.75, 3.05) is 38.1 Å². The molecule has 1 fully saturated rings. The Hall–Kier alpha value is -3.13. The third kappa shape index (κ3) is 4.48. The van der Waals surface area contributed by atoms with Crippen molar-refractivity contribution in [3.63, 3.8) is 0 Å². The summed E-state index contributed by atoms with van der Waals surface area (Å²) in [7, 11) is 2.17. The van der Waals surface area contributed by atoms with Crippen molar-refractivity contribution in [2.24, 2.45) is 5.73 Å². The molecule has 8 nitrogen and oxygen atoms in total. The van der Waals surface area contributed by atoms with Gasteiger partial charge in [0.2, 0.25) is 5.91 Å². The maximum atomic E-state index is 10.9. The normalized spacial score (nSPS) is 15.0. The number of carbonyl (C=O) groups is 1. The van der Waals surface area contributed by atoms with Gasteiger partial charge in [0.05, 0.1) is 11.9 Å². The van der Waals surface area contributed by atoms with Crippen LogP contribution in [0.15, 0.2) is 49.1 Å². The van der Waals surface area contributed by atoms with Gasteiger partial charge in [-0.1, -0.05) is 0 Å². The van der Waals surface area contributed by atoms with Crippen LogP contribution in [0.4, 0.5) is 5.69 Å². The first-order valence-electron chi connectivity index (χ1n) is 9.98. The second-order valence-corrected chi connectivity index (χ2v) is 7.49. The number of aromatic nitrogens is 4. The largest absolute Gasteiger partial charge is 0.370 e. The predicted octanol–water partition coefficient (Wildman–Crippen LogP) is 1.75. The van der Waals surface area contributed by atoms with E-state index in [0.29, 0.717) is 19.4 Å². The molecule has 29 heavy (non-hydrogen) atoms. The van der Waals surface area contributed by atoms with Gasteiger partial charge in [-0.2, -0.15) is 5.10 Å². The lowest BCUT2D eigenvalue weighted by Crippen LogP contribution is -2.44. The zero-order valence-corrected chi connectivity index (χ0v) is 16.7. The third-order valence-electron chi connectivity index (χ3n) is 5.34. The van der Waals surface area contributed by atoms with Crippen LogP contribution in [0.3, 0.4) is 0 Å². The fraction of sp³-hybridized carbons (Fsp3) is 0.381. The quantitative estimate of drug-likeness (QED) is 0.661. The Morgan fingerprint density at radius 2 is 1.86 bits per heavy atom. The van der Waals surface area contributed by atoms with Crippen molar-refractivity contribution < 1.29 is 4.79 Å². The van der Waals surface area contributed by atoms with E-state index < -0.39 is 0 Å². The van der Waals surface area contributed by atoms with E-state index >= 15 is 0 Å². The second kappa shape index (κ2) is 8.48. The molecule has 0 atom stereocenters. The zero-order chi connectivity index (χ0) is 20.2. The molecule has 4 rings (SSSR count). The summed E-state index contributed by atoms with van der Waals surface area (Å²) in [6.45, 7) is 4.96. The molecule has 8 heteroatoms. The molecule has 1 aliphatic rings. The van der Waals surface area contributed by atoms with Crippen molar-refractivity contribution in [3.05, 3.63) is 49.1 Å². The van der Waals surface area contributed by atoms with Gasteiger partial charge in [-0.25, -0.2) is 4.98 Å². The van der Waals surface area contributed by atoms with Gasteiger partial charge in [0.25, 0.3) is 0 Å². The van der Waals surface area contributed by atoms with Crippen molar-refractivity contribution in [1.29, 1.82) is 0 Å². The molecule has 0 bridgehead atoms. The third-order valence-corrected chi connectivity index (χ3v) is 5.34. The average molecular weight is 393 g/mol. The highest BCUT2D eigenvalue weighted by Crippen LogP contribution is 2.25. The van der Waals surface area contributed by atoms with E-state index in [4.69, 9.17) is 5.73 Å². The minimum absolute atomic E-state index is 0.283. The fourth-order valence-electron chi connectivity index (χ4n) is 3.63. The van der Waals surface area contributed by atoms with E-state index in [-0.39, 0.29) is 5.91 Å². The first-order valence-corrected chi connectivity index (χ1v) is 9.98. The molecule has 2 aromatic heterocycles. The molecule has 0 saturated carbocycles. The van der Waals surface area contributed by atoms with Gasteiger partial charge in [0, 0.05) is 69.0 Å². The first-order chi connectivity index (χ1) is 14.1. The standard InChI is InChI=1S/C21H27N7O/c1-25-11-13-26(14-12-25)18-6-4-17(5-7-18)21-23-8-10-28(21)19-15-24-27(16-19)9-2-3-20(22)29/h4-8,10,15-16H,2-3,9,11-14H2,1H3,(H2,22,29). The molecular formula is C21H27N7O. The maximum absolute atomic E-state index is 10.9. The predicted molar refractivity (Wildman–Crippen MR) is 113 cm³/mol. The Morgan fingerprint density at radius 1 is 1.10 bits per heavy atom. The van der Waals surface area contributed by atoms with Crippen molar-refractivity contribution >= 4 is 11.6 Å². The van der Waals surface area contributed by atoms with Crippen LogP contribution >= 0.6 is 0 Å². The van der Waals surface area contributed by atoms with Gasteiger partial charge in [-0.05, 0) is 37.7 Å². The number of amides is 1. The van der Waals surface area contributed by atoms with Gasteiger partial charge in [0.15, 0.2) is 0 Å². The number of benzene rings is 1. The SMILES string of the molecule is CN1CCN(c2ccc(-c3nccn3-c3cnn(CCCC(N)=O)c3)cc2)CC1. The van der Waals surface area contributed by atoms with Crippen molar-refractivity contribution in [2.45, 2.75) is 19.4 Å². The maximum Gasteiger partial charge on any atom is 0.217 e. The van der Waals surface area contributed by atoms with Crippen LogP contribution < -0.4 is 10.6 Å². The first kappa shape index (κ1) is 19.2. The van der Waals surface area contributed by atoms with Crippen LogP contribution in [0.2, 0.25) is 0 Å². The summed E-state index contributed by atoms with van der Waals surface area (Å²) in [5, 5.41) is 4.39. The fourth-order valence-corrected chi connectivity index (χ4v) is 3.63. The van der Waals surface area contributed by atoms with Gasteiger partial charge in [-0.15, -0.1) is 0 Å². The Balaban J connectivity index is 1.48. The van der Waals surface area contributed by atoms with E-state index in [9.17, 15) is 4.79 Å². The number of nitrogens with two attached hydrogens (primary N) is 1. The molecule has 152 valence electrons. The number of hydrogen-bond donors (Lipinski definition) is 1. The van der Waals surface area contributed by atoms with E-state index in [0.717, 1.165) is 43.3 Å². The van der Waals surface area contributed by atoms with E-state index in [1.165, 1.54) is 5.69 Å². The lowest BCUT2D eigenvalue weighted by Gasteiger charge is -2.34. The van der Waals surface area contributed by atoms with Gasteiger partial charge in [-0.3, -0.25) is 14.0 Å². The van der Waals surface area contributed by atoms with Crippen LogP contribution in [-0.2, 0) is 11.3 Å². The molecule has 0 radical (unpaired) electrons. The molecule has 0 spiro atoms. The highest BCUT2D eigenvalue weighted by molar-refractivity contribution is 5.73. The number of imidazole rings is 1. The number of likely N-dealkylation sites (N-methyl/N-ethyl adjacent to an activating group) is 1. The zero-order valence-electron chi connectivity index (χ0n) is 16.7. The Kier molecular flexibility index (Phi) is 5.62. The van der Waals surface area contributed by atoms with Crippen LogP contribution in [0.1, 0.15) is 12.8 Å². The Labute approximate surface area is 170 Å². The monoisotopic (exact) mass is 393 g/mol. The smallest absolute Gasteiger partial charge is 0.217 e. The summed E-state index contributed by atoms with van der Waals surface area (Å²) in [6.07, 6.45) is 8.56. The van der Waals surface area contributed by atoms with Crippen molar-refractivity contribution in [1.82, 2.24) is 24.2 Å². The summed E-state index contributed by atoms with van der Waals surface area (Å²) < 4.78 is 3.86. The minimum atomic E-state index is -0.283. The van der Waals surface area contributed by atoms with Crippen LogP contribution in [0.5, 0.6) is 0 Å². The van der Waals surface area contributed by atoms with E-state index in [2.05, 4.69) is 51.2 Å². The summed E-state index contributed by atoms with van der Waals surface area (Å²) >= 11 is 0. The molecule has 2 N–H and O–H groups in total. The molecule has 0 unspecified atom stereocenters. The summed E-state index contributed by atoms with van der Waals surface area (Å²) in [6, 6.07) is 8.60. The Morgan fingerprint density at radius 3 is 2.59 bits per heavy atom. The summed E-state index contributed by atoms with van der Waals surface area (Å²) in [5.41, 5.74) is 8.46. The van der Waals surface area contributed by atoms with Crippen molar-refractivity contribution in [3.8, 4) is 17.1 Å². The van der Waals surface area contributed by atoms with Gasteiger partial charge < -0.3 is 15.5 Å². The molecular weight excluding hydrogens is 366 g/mol. The van der Waals surface area contributed by atoms with Crippen LogP contribution in [-0.4, -0.2) is 63.4 Å². The highest BCUT2D eigenvalue weighted by atomic mass is 16.1. The topological polar surface area (TPSA) is 85.2 Å². The highest BCUT2D eigenvalue weighted by Gasteiger charge is 2.15. The molecule has 1 aliphatic heterocycles. The molecule has 3 heterocycles. The summed E-state index contributed by atoms with van der Waals surface area (Å²) in [4.78, 5) is 20.2.